The van der Waals surface area contributed by atoms with E-state index in [0.29, 0.717) is 19.4 Å². The number of benzene rings is 2. The largest absolute Gasteiger partial charge is 0.497 e. The summed E-state index contributed by atoms with van der Waals surface area (Å²) in [6.45, 7) is 0.611. The fourth-order valence-electron chi connectivity index (χ4n) is 2.58. The Morgan fingerprint density at radius 1 is 1.17 bits per heavy atom. The fourth-order valence-corrected chi connectivity index (χ4v) is 2.58. The van der Waals surface area contributed by atoms with Crippen molar-refractivity contribution < 1.29 is 13.9 Å². The lowest BCUT2D eigenvalue weighted by Crippen LogP contribution is -2.25. The first-order valence-electron chi connectivity index (χ1n) is 7.96. The third-order valence-electron chi connectivity index (χ3n) is 3.91. The SMILES string of the molecule is COc1cccc(CCC(=O)NCCc2ccc3ocnc3c2)c1. The Kier molecular flexibility index (Phi) is 5.11. The number of ether oxygens (including phenoxy) is 1. The number of nitrogens with zero attached hydrogens (tertiary/aromatic N) is 1. The molecule has 0 saturated carbocycles. The Hall–Kier alpha value is -2.82. The number of rotatable bonds is 7. The highest BCUT2D eigenvalue weighted by Gasteiger charge is 2.04. The van der Waals surface area contributed by atoms with E-state index < -0.39 is 0 Å². The lowest BCUT2D eigenvalue weighted by molar-refractivity contribution is -0.121. The van der Waals surface area contributed by atoms with E-state index >= 15 is 0 Å². The molecule has 1 amide bonds. The average molecular weight is 324 g/mol. The van der Waals surface area contributed by atoms with Gasteiger partial charge in [-0.15, -0.1) is 0 Å². The predicted molar refractivity (Wildman–Crippen MR) is 92.0 cm³/mol. The minimum absolute atomic E-state index is 0.0559. The molecule has 0 unspecified atom stereocenters. The van der Waals surface area contributed by atoms with Gasteiger partial charge >= 0.3 is 0 Å². The monoisotopic (exact) mass is 324 g/mol. The molecule has 1 N–H and O–H groups in total. The van der Waals surface area contributed by atoms with Crippen molar-refractivity contribution in [3.8, 4) is 5.75 Å². The van der Waals surface area contributed by atoms with Crippen molar-refractivity contribution in [1.29, 1.82) is 0 Å². The van der Waals surface area contributed by atoms with Crippen LogP contribution in [0.15, 0.2) is 53.3 Å². The zero-order valence-electron chi connectivity index (χ0n) is 13.6. The summed E-state index contributed by atoms with van der Waals surface area (Å²) < 4.78 is 10.4. The number of hydrogen-bond donors (Lipinski definition) is 1. The molecule has 0 saturated heterocycles. The molecule has 0 aliphatic heterocycles. The van der Waals surface area contributed by atoms with Crippen molar-refractivity contribution in [2.45, 2.75) is 19.3 Å². The first-order chi connectivity index (χ1) is 11.7. The van der Waals surface area contributed by atoms with Crippen LogP contribution in [0.3, 0.4) is 0 Å². The van der Waals surface area contributed by atoms with Gasteiger partial charge in [0, 0.05) is 13.0 Å². The number of aromatic nitrogens is 1. The van der Waals surface area contributed by atoms with Gasteiger partial charge in [0.25, 0.3) is 0 Å². The van der Waals surface area contributed by atoms with E-state index in [-0.39, 0.29) is 5.91 Å². The van der Waals surface area contributed by atoms with Gasteiger partial charge in [-0.05, 0) is 48.2 Å². The quantitative estimate of drug-likeness (QED) is 0.725. The molecule has 0 atom stereocenters. The molecule has 0 bridgehead atoms. The van der Waals surface area contributed by atoms with E-state index in [4.69, 9.17) is 9.15 Å². The number of oxazole rings is 1. The molecule has 1 aromatic heterocycles. The van der Waals surface area contributed by atoms with Gasteiger partial charge in [-0.2, -0.15) is 0 Å². The molecule has 124 valence electrons. The van der Waals surface area contributed by atoms with Crippen molar-refractivity contribution in [2.24, 2.45) is 0 Å². The van der Waals surface area contributed by atoms with Gasteiger partial charge in [-0.3, -0.25) is 4.79 Å². The number of hydrogen-bond acceptors (Lipinski definition) is 4. The van der Waals surface area contributed by atoms with Gasteiger partial charge < -0.3 is 14.5 Å². The molecule has 24 heavy (non-hydrogen) atoms. The van der Waals surface area contributed by atoms with Gasteiger partial charge in [-0.1, -0.05) is 18.2 Å². The van der Waals surface area contributed by atoms with Crippen molar-refractivity contribution in [2.75, 3.05) is 13.7 Å². The molecule has 0 aliphatic carbocycles. The maximum Gasteiger partial charge on any atom is 0.220 e. The summed E-state index contributed by atoms with van der Waals surface area (Å²) in [7, 11) is 1.64. The van der Waals surface area contributed by atoms with E-state index in [0.717, 1.165) is 34.4 Å². The number of carbonyl (C=O) groups is 1. The normalized spacial score (nSPS) is 10.7. The average Bonchev–Trinajstić information content (AvgIpc) is 3.08. The smallest absolute Gasteiger partial charge is 0.220 e. The lowest BCUT2D eigenvalue weighted by atomic mass is 10.1. The van der Waals surface area contributed by atoms with E-state index in [2.05, 4.69) is 10.3 Å². The molecule has 1 heterocycles. The van der Waals surface area contributed by atoms with Crippen LogP contribution in [0, 0.1) is 0 Å². The predicted octanol–water partition coefficient (Wildman–Crippen LogP) is 3.13. The maximum absolute atomic E-state index is 12.0. The number of amides is 1. The molecule has 0 radical (unpaired) electrons. The van der Waals surface area contributed by atoms with Crippen LogP contribution in [-0.4, -0.2) is 24.5 Å². The number of nitrogens with one attached hydrogen (secondary N) is 1. The van der Waals surface area contributed by atoms with E-state index in [1.165, 1.54) is 6.39 Å². The topological polar surface area (TPSA) is 64.4 Å². The fraction of sp³-hybridized carbons (Fsp3) is 0.263. The molecule has 5 heteroatoms. The Bertz CT molecular complexity index is 826. The van der Waals surface area contributed by atoms with Gasteiger partial charge in [0.1, 0.15) is 11.3 Å². The van der Waals surface area contributed by atoms with Crippen molar-refractivity contribution >= 4 is 17.0 Å². The minimum atomic E-state index is 0.0559. The van der Waals surface area contributed by atoms with Crippen LogP contribution >= 0.6 is 0 Å². The Morgan fingerprint density at radius 3 is 2.92 bits per heavy atom. The van der Waals surface area contributed by atoms with Gasteiger partial charge in [0.15, 0.2) is 12.0 Å². The van der Waals surface area contributed by atoms with Crippen LogP contribution in [0.4, 0.5) is 0 Å². The minimum Gasteiger partial charge on any atom is -0.497 e. The number of aryl methyl sites for hydroxylation is 1. The van der Waals surface area contributed by atoms with Crippen LogP contribution in [0.5, 0.6) is 5.75 Å². The van der Waals surface area contributed by atoms with Crippen LogP contribution in [0.25, 0.3) is 11.1 Å². The van der Waals surface area contributed by atoms with Crippen molar-refractivity contribution in [1.82, 2.24) is 10.3 Å². The molecule has 3 rings (SSSR count). The van der Waals surface area contributed by atoms with Gasteiger partial charge in [0.2, 0.25) is 5.91 Å². The van der Waals surface area contributed by atoms with Crippen LogP contribution < -0.4 is 10.1 Å². The van der Waals surface area contributed by atoms with Crippen molar-refractivity contribution in [3.63, 3.8) is 0 Å². The summed E-state index contributed by atoms with van der Waals surface area (Å²) in [5, 5.41) is 2.96. The van der Waals surface area contributed by atoms with E-state index in [9.17, 15) is 4.79 Å². The molecule has 2 aromatic carbocycles. The summed E-state index contributed by atoms with van der Waals surface area (Å²) in [5.41, 5.74) is 3.85. The second-order valence-corrected chi connectivity index (χ2v) is 5.61. The number of carbonyl (C=O) groups excluding carboxylic acids is 1. The number of fused-ring (bicyclic) bond motifs is 1. The highest BCUT2D eigenvalue weighted by Crippen LogP contribution is 2.15. The van der Waals surface area contributed by atoms with Crippen molar-refractivity contribution in [3.05, 3.63) is 60.0 Å². The highest BCUT2D eigenvalue weighted by atomic mass is 16.5. The van der Waals surface area contributed by atoms with Crippen LogP contribution in [0.1, 0.15) is 17.5 Å². The molecule has 5 nitrogen and oxygen atoms in total. The first-order valence-corrected chi connectivity index (χ1v) is 7.96. The Balaban J connectivity index is 1.43. The molecule has 0 fully saturated rings. The molecular formula is C19H20N2O3. The molecular weight excluding hydrogens is 304 g/mol. The summed E-state index contributed by atoms with van der Waals surface area (Å²) >= 11 is 0. The second-order valence-electron chi connectivity index (χ2n) is 5.61. The number of methoxy groups -OCH3 is 1. The third-order valence-corrected chi connectivity index (χ3v) is 3.91. The summed E-state index contributed by atoms with van der Waals surface area (Å²) in [4.78, 5) is 16.1. The molecule has 0 aliphatic rings. The molecule has 0 spiro atoms. The van der Waals surface area contributed by atoms with Crippen LogP contribution in [0.2, 0.25) is 0 Å². The maximum atomic E-state index is 12.0. The van der Waals surface area contributed by atoms with Gasteiger partial charge in [-0.25, -0.2) is 4.98 Å². The van der Waals surface area contributed by atoms with Gasteiger partial charge in [0.05, 0.1) is 7.11 Å². The lowest BCUT2D eigenvalue weighted by Gasteiger charge is -2.07. The van der Waals surface area contributed by atoms with E-state index in [1.807, 2.05) is 42.5 Å². The third kappa shape index (κ3) is 4.13. The standard InChI is InChI=1S/C19H20N2O3/c1-23-16-4-2-3-14(11-16)6-8-19(22)20-10-9-15-5-7-18-17(12-15)21-13-24-18/h2-5,7,11-13H,6,8-10H2,1H3,(H,20,22). The summed E-state index contributed by atoms with van der Waals surface area (Å²) in [6.07, 6.45) is 3.38. The Labute approximate surface area is 140 Å². The van der Waals surface area contributed by atoms with E-state index in [1.54, 1.807) is 7.11 Å². The zero-order valence-corrected chi connectivity index (χ0v) is 13.6. The second kappa shape index (κ2) is 7.64. The van der Waals surface area contributed by atoms with Crippen LogP contribution in [-0.2, 0) is 17.6 Å². The zero-order chi connectivity index (χ0) is 16.8. The highest BCUT2D eigenvalue weighted by molar-refractivity contribution is 5.76. The Morgan fingerprint density at radius 2 is 2.04 bits per heavy atom. The molecule has 3 aromatic rings. The summed E-state index contributed by atoms with van der Waals surface area (Å²) in [6, 6.07) is 13.7. The summed E-state index contributed by atoms with van der Waals surface area (Å²) in [5.74, 6) is 0.872. The first kappa shape index (κ1) is 16.1.